The van der Waals surface area contributed by atoms with E-state index in [1.165, 1.54) is 0 Å². The first-order valence-electron chi connectivity index (χ1n) is 7.79. The number of aliphatic carboxylic acids is 1. The number of hydrogen-bond acceptors (Lipinski definition) is 5. The molecule has 0 aromatic rings. The third kappa shape index (κ3) is 8.29. The van der Waals surface area contributed by atoms with E-state index in [-0.39, 0.29) is 30.1 Å². The largest absolute Gasteiger partial charge is 0.481 e. The summed E-state index contributed by atoms with van der Waals surface area (Å²) in [6, 6.07) is -1.78. The first-order chi connectivity index (χ1) is 10.3. The number of nitrogens with one attached hydrogen (secondary N) is 1. The smallest absolute Gasteiger partial charge is 0.305 e. The van der Waals surface area contributed by atoms with Crippen LogP contribution in [0.3, 0.4) is 0 Å². The molecule has 1 unspecified atom stereocenters. The minimum Gasteiger partial charge on any atom is -0.481 e. The number of hydrogen-bond donors (Lipinski definition) is 4. The summed E-state index contributed by atoms with van der Waals surface area (Å²) in [5.41, 5.74) is 5.28. The van der Waals surface area contributed by atoms with Gasteiger partial charge in [0, 0.05) is 0 Å². The molecule has 1 amide bonds. The molecule has 7 heteroatoms. The second-order valence-electron chi connectivity index (χ2n) is 8.04. The summed E-state index contributed by atoms with van der Waals surface area (Å²) in [6.45, 7) is 12.2. The van der Waals surface area contributed by atoms with Crippen molar-refractivity contribution in [1.29, 1.82) is 0 Å². The van der Waals surface area contributed by atoms with Crippen molar-refractivity contribution in [3.05, 3.63) is 0 Å². The zero-order valence-electron chi connectivity index (χ0n) is 15.0. The van der Waals surface area contributed by atoms with E-state index in [9.17, 15) is 14.7 Å². The van der Waals surface area contributed by atoms with Crippen LogP contribution in [-0.2, 0) is 14.3 Å². The van der Waals surface area contributed by atoms with E-state index in [0.29, 0.717) is 0 Å². The van der Waals surface area contributed by atoms with Crippen molar-refractivity contribution in [3.8, 4) is 0 Å². The molecular formula is C16H32N2O5. The number of carbonyl (C=O) groups is 2. The summed E-state index contributed by atoms with van der Waals surface area (Å²) in [4.78, 5) is 22.4. The lowest BCUT2D eigenvalue weighted by Crippen LogP contribution is -2.50. The summed E-state index contributed by atoms with van der Waals surface area (Å²) in [5.74, 6) is -1.76. The molecule has 136 valence electrons. The molecular weight excluding hydrogens is 300 g/mol. The Morgan fingerprint density at radius 3 is 1.96 bits per heavy atom. The standard InChI is InChI=1S/C16H32N2O5/c1-15(2,3)14(16(4,5)6)23-9-10(8-19)18-13(22)11(17)7-12(20)21/h10-11,14,19H,7-9,17H2,1-6H3,(H,18,22)(H,20,21)/t10?,11-/m0/s1. The Balaban J connectivity index is 4.70. The summed E-state index contributed by atoms with van der Waals surface area (Å²) < 4.78 is 5.95. The third-order valence-corrected chi connectivity index (χ3v) is 3.34. The second-order valence-corrected chi connectivity index (χ2v) is 8.04. The van der Waals surface area contributed by atoms with Crippen LogP contribution in [0.1, 0.15) is 48.0 Å². The molecule has 0 saturated carbocycles. The predicted molar refractivity (Wildman–Crippen MR) is 87.9 cm³/mol. The van der Waals surface area contributed by atoms with Gasteiger partial charge in [-0.2, -0.15) is 0 Å². The van der Waals surface area contributed by atoms with Crippen LogP contribution in [-0.4, -0.2) is 53.5 Å². The van der Waals surface area contributed by atoms with Gasteiger partial charge in [0.2, 0.25) is 5.91 Å². The Morgan fingerprint density at radius 1 is 1.13 bits per heavy atom. The van der Waals surface area contributed by atoms with Crippen LogP contribution >= 0.6 is 0 Å². The van der Waals surface area contributed by atoms with E-state index in [4.69, 9.17) is 15.6 Å². The number of aliphatic hydroxyl groups excluding tert-OH is 1. The number of amides is 1. The maximum Gasteiger partial charge on any atom is 0.305 e. The Labute approximate surface area is 138 Å². The normalized spacial score (nSPS) is 15.3. The van der Waals surface area contributed by atoms with Crippen LogP contribution in [0.5, 0.6) is 0 Å². The van der Waals surface area contributed by atoms with Gasteiger partial charge >= 0.3 is 5.97 Å². The maximum absolute atomic E-state index is 11.8. The van der Waals surface area contributed by atoms with Crippen LogP contribution in [0, 0.1) is 10.8 Å². The SMILES string of the molecule is CC(C)(C)C(OCC(CO)NC(=O)[C@@H](N)CC(=O)O)C(C)(C)C. The topological polar surface area (TPSA) is 122 Å². The Bertz CT molecular complexity index is 384. The molecule has 0 aliphatic heterocycles. The van der Waals surface area contributed by atoms with Crippen molar-refractivity contribution in [2.24, 2.45) is 16.6 Å². The molecule has 0 spiro atoms. The molecule has 7 nitrogen and oxygen atoms in total. The van der Waals surface area contributed by atoms with Crippen LogP contribution in [0.15, 0.2) is 0 Å². The van der Waals surface area contributed by atoms with E-state index in [2.05, 4.69) is 46.9 Å². The lowest BCUT2D eigenvalue weighted by molar-refractivity contribution is -0.140. The average Bonchev–Trinajstić information content (AvgIpc) is 2.33. The Morgan fingerprint density at radius 2 is 1.61 bits per heavy atom. The highest BCUT2D eigenvalue weighted by Gasteiger charge is 2.36. The zero-order chi connectivity index (χ0) is 18.4. The molecule has 0 aliphatic rings. The molecule has 0 bridgehead atoms. The Kier molecular flexibility index (Phi) is 8.17. The minimum atomic E-state index is -1.15. The molecule has 0 saturated heterocycles. The average molecular weight is 332 g/mol. The number of aliphatic hydroxyl groups is 1. The van der Waals surface area contributed by atoms with Crippen LogP contribution in [0.2, 0.25) is 0 Å². The molecule has 0 radical (unpaired) electrons. The fraction of sp³-hybridized carbons (Fsp3) is 0.875. The monoisotopic (exact) mass is 332 g/mol. The van der Waals surface area contributed by atoms with Crippen LogP contribution in [0.25, 0.3) is 0 Å². The number of rotatable bonds is 8. The quantitative estimate of drug-likeness (QED) is 0.520. The third-order valence-electron chi connectivity index (χ3n) is 3.34. The molecule has 0 aromatic heterocycles. The summed E-state index contributed by atoms with van der Waals surface area (Å²) in [6.07, 6.45) is -0.550. The van der Waals surface area contributed by atoms with E-state index >= 15 is 0 Å². The van der Waals surface area contributed by atoms with Gasteiger partial charge in [-0.05, 0) is 10.8 Å². The molecule has 0 aliphatic carbocycles. The molecule has 2 atom stereocenters. The van der Waals surface area contributed by atoms with Crippen molar-refractivity contribution in [2.45, 2.75) is 66.2 Å². The first-order valence-corrected chi connectivity index (χ1v) is 7.79. The zero-order valence-corrected chi connectivity index (χ0v) is 15.0. The van der Waals surface area contributed by atoms with Crippen molar-refractivity contribution >= 4 is 11.9 Å². The summed E-state index contributed by atoms with van der Waals surface area (Å²) >= 11 is 0. The van der Waals surface area contributed by atoms with E-state index in [1.54, 1.807) is 0 Å². The van der Waals surface area contributed by atoms with Crippen LogP contribution in [0.4, 0.5) is 0 Å². The van der Waals surface area contributed by atoms with Gasteiger partial charge in [-0.1, -0.05) is 41.5 Å². The van der Waals surface area contributed by atoms with Crippen LogP contribution < -0.4 is 11.1 Å². The number of ether oxygens (including phenoxy) is 1. The van der Waals surface area contributed by atoms with Gasteiger partial charge in [0.15, 0.2) is 0 Å². The molecule has 23 heavy (non-hydrogen) atoms. The van der Waals surface area contributed by atoms with E-state index in [1.807, 2.05) is 0 Å². The summed E-state index contributed by atoms with van der Waals surface area (Å²) in [7, 11) is 0. The van der Waals surface area contributed by atoms with Gasteiger partial charge in [0.1, 0.15) is 0 Å². The van der Waals surface area contributed by atoms with Crippen molar-refractivity contribution in [2.75, 3.05) is 13.2 Å². The molecule has 0 fully saturated rings. The van der Waals surface area contributed by atoms with Gasteiger partial charge in [-0.15, -0.1) is 0 Å². The van der Waals surface area contributed by atoms with E-state index in [0.717, 1.165) is 0 Å². The Hall–Kier alpha value is -1.18. The number of carboxylic acids is 1. The second kappa shape index (κ2) is 8.61. The lowest BCUT2D eigenvalue weighted by atomic mass is 9.74. The van der Waals surface area contributed by atoms with Gasteiger partial charge in [-0.25, -0.2) is 0 Å². The van der Waals surface area contributed by atoms with Gasteiger partial charge in [-0.3, -0.25) is 9.59 Å². The van der Waals surface area contributed by atoms with Crippen molar-refractivity contribution < 1.29 is 24.5 Å². The number of carbonyl (C=O) groups excluding carboxylic acids is 1. The van der Waals surface area contributed by atoms with E-state index < -0.39 is 30.4 Å². The van der Waals surface area contributed by atoms with Gasteiger partial charge in [0.25, 0.3) is 0 Å². The molecule has 0 heterocycles. The maximum atomic E-state index is 11.8. The number of nitrogens with two attached hydrogens (primary N) is 1. The minimum absolute atomic E-state index is 0.0892. The predicted octanol–water partition coefficient (Wildman–Crippen LogP) is 0.743. The molecule has 0 aromatic carbocycles. The molecule has 5 N–H and O–H groups in total. The fourth-order valence-corrected chi connectivity index (χ4v) is 2.74. The van der Waals surface area contributed by atoms with Crippen molar-refractivity contribution in [1.82, 2.24) is 5.32 Å². The first kappa shape index (κ1) is 21.8. The highest BCUT2D eigenvalue weighted by molar-refractivity contribution is 5.86. The fourth-order valence-electron chi connectivity index (χ4n) is 2.74. The van der Waals surface area contributed by atoms with Gasteiger partial charge < -0.3 is 26.0 Å². The lowest BCUT2D eigenvalue weighted by Gasteiger charge is -2.41. The van der Waals surface area contributed by atoms with Crippen molar-refractivity contribution in [3.63, 3.8) is 0 Å². The van der Waals surface area contributed by atoms with Gasteiger partial charge in [0.05, 0.1) is 37.8 Å². The highest BCUT2D eigenvalue weighted by Crippen LogP contribution is 2.35. The number of carboxylic acid groups (broad SMARTS) is 1. The summed E-state index contributed by atoms with van der Waals surface area (Å²) in [5, 5.41) is 20.6. The highest BCUT2D eigenvalue weighted by atomic mass is 16.5. The molecule has 0 rings (SSSR count).